The molecule has 0 radical (unpaired) electrons. The van der Waals surface area contributed by atoms with Gasteiger partial charge in [-0.2, -0.15) is 13.2 Å². The number of hydrogen-bond donors (Lipinski definition) is 0. The first kappa shape index (κ1) is 30.2. The Labute approximate surface area is 248 Å². The molecule has 0 N–H and O–H groups in total. The molecule has 3 aromatic carbocycles. The van der Waals surface area contributed by atoms with Crippen molar-refractivity contribution in [3.63, 3.8) is 0 Å². The van der Waals surface area contributed by atoms with Crippen LogP contribution in [0.5, 0.6) is 28.7 Å². The molecule has 9 nitrogen and oxygen atoms in total. The average Bonchev–Trinajstić information content (AvgIpc) is 3.00. The SMILES string of the molecule is COc1ccc(C(=O)Oc2ccc3c(=O)c(Oc4ccc(Cl)cc4)c(C(F)(F)F)oc3c2CN2CCOCC2)cc1OC. The number of hydrogen-bond acceptors (Lipinski definition) is 9. The van der Waals surface area contributed by atoms with Crippen LogP contribution >= 0.6 is 11.6 Å². The molecular formula is C30H25ClF3NO8. The summed E-state index contributed by atoms with van der Waals surface area (Å²) < 4.78 is 75.3. The van der Waals surface area contributed by atoms with E-state index < -0.39 is 29.1 Å². The standard InChI is InChI=1S/C30H25ClF3NO8/c1-38-23-9-3-17(15-24(23)39-2)29(37)42-22-10-8-20-25(36)27(41-19-6-4-18(31)5-7-19)28(30(32,33)34)43-26(20)21(22)16-35-11-13-40-14-12-35/h3-10,15H,11-14,16H2,1-2H3. The quantitative estimate of drug-likeness (QED) is 0.166. The third-order valence-corrected chi connectivity index (χ3v) is 6.93. The summed E-state index contributed by atoms with van der Waals surface area (Å²) in [5, 5.41) is 0.142. The van der Waals surface area contributed by atoms with E-state index in [-0.39, 0.29) is 45.9 Å². The van der Waals surface area contributed by atoms with Crippen LogP contribution in [0.4, 0.5) is 13.2 Å². The molecule has 0 bridgehead atoms. The number of rotatable bonds is 8. The number of ether oxygens (including phenoxy) is 5. The number of methoxy groups -OCH3 is 2. The minimum atomic E-state index is -5.10. The van der Waals surface area contributed by atoms with Gasteiger partial charge < -0.3 is 28.1 Å². The van der Waals surface area contributed by atoms with Crippen molar-refractivity contribution in [3.05, 3.63) is 86.7 Å². The number of esters is 1. The van der Waals surface area contributed by atoms with Crippen LogP contribution in [0.2, 0.25) is 5.02 Å². The number of halogens is 4. The summed E-state index contributed by atoms with van der Waals surface area (Å²) in [6.07, 6.45) is -5.10. The first-order valence-corrected chi connectivity index (χ1v) is 13.3. The molecule has 0 amide bonds. The fourth-order valence-corrected chi connectivity index (χ4v) is 4.65. The van der Waals surface area contributed by atoms with Crippen molar-refractivity contribution in [3.8, 4) is 28.7 Å². The monoisotopic (exact) mass is 619 g/mol. The van der Waals surface area contributed by atoms with Crippen molar-refractivity contribution in [1.29, 1.82) is 0 Å². The molecule has 1 saturated heterocycles. The van der Waals surface area contributed by atoms with Crippen molar-refractivity contribution in [2.45, 2.75) is 12.7 Å². The van der Waals surface area contributed by atoms with Gasteiger partial charge in [0, 0.05) is 24.7 Å². The Bertz CT molecular complexity index is 1700. The highest BCUT2D eigenvalue weighted by Gasteiger charge is 2.41. The Balaban J connectivity index is 1.63. The highest BCUT2D eigenvalue weighted by Crippen LogP contribution is 2.40. The van der Waals surface area contributed by atoms with Crippen molar-refractivity contribution in [2.75, 3.05) is 40.5 Å². The molecule has 5 rings (SSSR count). The van der Waals surface area contributed by atoms with E-state index in [0.29, 0.717) is 37.1 Å². The fourth-order valence-electron chi connectivity index (χ4n) is 4.53. The molecule has 1 aromatic heterocycles. The van der Waals surface area contributed by atoms with E-state index in [0.717, 1.165) is 0 Å². The molecule has 0 saturated carbocycles. The highest BCUT2D eigenvalue weighted by atomic mass is 35.5. The number of alkyl halides is 3. The summed E-state index contributed by atoms with van der Waals surface area (Å²) in [6, 6.07) is 12.4. The van der Waals surface area contributed by atoms with Crippen LogP contribution in [0.15, 0.2) is 63.8 Å². The average molecular weight is 620 g/mol. The Morgan fingerprint density at radius 1 is 0.953 bits per heavy atom. The molecule has 2 heterocycles. The number of benzene rings is 3. The minimum absolute atomic E-state index is 0.00682. The van der Waals surface area contributed by atoms with E-state index in [9.17, 15) is 22.8 Å². The van der Waals surface area contributed by atoms with E-state index in [2.05, 4.69) is 0 Å². The number of fused-ring (bicyclic) bond motifs is 1. The Morgan fingerprint density at radius 2 is 1.63 bits per heavy atom. The Kier molecular flexibility index (Phi) is 8.81. The van der Waals surface area contributed by atoms with Crippen LogP contribution in [0.3, 0.4) is 0 Å². The van der Waals surface area contributed by atoms with Gasteiger partial charge in [0.05, 0.1) is 43.9 Å². The van der Waals surface area contributed by atoms with Gasteiger partial charge in [0.1, 0.15) is 17.1 Å². The summed E-state index contributed by atoms with van der Waals surface area (Å²) in [4.78, 5) is 28.6. The van der Waals surface area contributed by atoms with Gasteiger partial charge in [-0.3, -0.25) is 9.69 Å². The molecule has 4 aromatic rings. The molecule has 0 unspecified atom stereocenters. The third kappa shape index (κ3) is 6.56. The largest absolute Gasteiger partial charge is 0.493 e. The first-order valence-electron chi connectivity index (χ1n) is 13.0. The van der Waals surface area contributed by atoms with Crippen molar-refractivity contribution in [1.82, 2.24) is 4.90 Å². The number of carbonyl (C=O) groups excluding carboxylic acids is 1. The summed E-state index contributed by atoms with van der Waals surface area (Å²) in [5.41, 5.74) is -1.26. The lowest BCUT2D eigenvalue weighted by atomic mass is 10.1. The zero-order chi connectivity index (χ0) is 30.7. The predicted octanol–water partition coefficient (Wildman–Crippen LogP) is 6.33. The molecule has 0 atom stereocenters. The molecule has 1 aliphatic rings. The van der Waals surface area contributed by atoms with Crippen molar-refractivity contribution in [2.24, 2.45) is 0 Å². The summed E-state index contributed by atoms with van der Waals surface area (Å²) in [6.45, 7) is 1.69. The second-order valence-corrected chi connectivity index (χ2v) is 9.85. The minimum Gasteiger partial charge on any atom is -0.493 e. The van der Waals surface area contributed by atoms with Crippen LogP contribution in [0.25, 0.3) is 11.0 Å². The van der Waals surface area contributed by atoms with Gasteiger partial charge in [0.15, 0.2) is 11.5 Å². The van der Waals surface area contributed by atoms with E-state index in [1.165, 1.54) is 68.8 Å². The molecule has 226 valence electrons. The molecule has 0 spiro atoms. The lowest BCUT2D eigenvalue weighted by molar-refractivity contribution is -0.154. The molecule has 0 aliphatic carbocycles. The normalized spacial score (nSPS) is 14.0. The van der Waals surface area contributed by atoms with Gasteiger partial charge in [0.2, 0.25) is 11.2 Å². The maximum Gasteiger partial charge on any atom is 0.453 e. The molecule has 13 heteroatoms. The Hall–Kier alpha value is -4.26. The molecule has 1 aliphatic heterocycles. The second kappa shape index (κ2) is 12.5. The van der Waals surface area contributed by atoms with Crippen molar-refractivity contribution >= 4 is 28.5 Å². The van der Waals surface area contributed by atoms with Gasteiger partial charge in [-0.25, -0.2) is 4.79 Å². The zero-order valence-electron chi connectivity index (χ0n) is 23.0. The molecule has 43 heavy (non-hydrogen) atoms. The number of carbonyl (C=O) groups is 1. The van der Waals surface area contributed by atoms with E-state index in [1.54, 1.807) is 0 Å². The van der Waals surface area contributed by atoms with Crippen LogP contribution < -0.4 is 24.4 Å². The van der Waals surface area contributed by atoms with Gasteiger partial charge in [0.25, 0.3) is 5.76 Å². The zero-order valence-corrected chi connectivity index (χ0v) is 23.7. The lowest BCUT2D eigenvalue weighted by Crippen LogP contribution is -2.36. The van der Waals surface area contributed by atoms with Crippen LogP contribution in [0, 0.1) is 0 Å². The maximum atomic E-state index is 14.3. The fraction of sp³-hybridized carbons (Fsp3) is 0.267. The van der Waals surface area contributed by atoms with Crippen LogP contribution in [-0.4, -0.2) is 51.4 Å². The summed E-state index contributed by atoms with van der Waals surface area (Å²) >= 11 is 5.87. The molecule has 1 fully saturated rings. The number of nitrogens with zero attached hydrogens (tertiary/aromatic N) is 1. The predicted molar refractivity (Wildman–Crippen MR) is 150 cm³/mol. The maximum absolute atomic E-state index is 14.3. The lowest BCUT2D eigenvalue weighted by Gasteiger charge is -2.27. The van der Waals surface area contributed by atoms with E-state index in [4.69, 9.17) is 39.7 Å². The van der Waals surface area contributed by atoms with E-state index in [1.807, 2.05) is 4.90 Å². The smallest absolute Gasteiger partial charge is 0.453 e. The van der Waals surface area contributed by atoms with Gasteiger partial charge in [-0.15, -0.1) is 0 Å². The number of morpholine rings is 1. The van der Waals surface area contributed by atoms with Gasteiger partial charge in [-0.05, 0) is 54.6 Å². The van der Waals surface area contributed by atoms with Gasteiger partial charge >= 0.3 is 12.1 Å². The van der Waals surface area contributed by atoms with Crippen molar-refractivity contribution < 1.29 is 46.1 Å². The summed E-state index contributed by atoms with van der Waals surface area (Å²) in [7, 11) is 2.85. The third-order valence-electron chi connectivity index (χ3n) is 6.68. The van der Waals surface area contributed by atoms with Gasteiger partial charge in [-0.1, -0.05) is 11.6 Å². The highest BCUT2D eigenvalue weighted by molar-refractivity contribution is 6.30. The van der Waals surface area contributed by atoms with E-state index >= 15 is 0 Å². The first-order chi connectivity index (χ1) is 20.6. The topological polar surface area (TPSA) is 96.7 Å². The van der Waals surface area contributed by atoms with Crippen LogP contribution in [-0.2, 0) is 17.5 Å². The second-order valence-electron chi connectivity index (χ2n) is 9.41. The summed E-state index contributed by atoms with van der Waals surface area (Å²) in [5.74, 6) is -2.95. The molecular weight excluding hydrogens is 595 g/mol. The van der Waals surface area contributed by atoms with Crippen LogP contribution in [0.1, 0.15) is 21.7 Å². The Morgan fingerprint density at radius 3 is 2.28 bits per heavy atom.